The molecule has 1 saturated heterocycles. The fraction of sp³-hybridized carbons (Fsp3) is 0.643. The Labute approximate surface area is 123 Å². The highest BCUT2D eigenvalue weighted by molar-refractivity contribution is 5.78. The number of aromatic nitrogens is 1. The van der Waals surface area contributed by atoms with Gasteiger partial charge in [-0.15, -0.1) is 0 Å². The topological polar surface area (TPSA) is 95.7 Å². The van der Waals surface area contributed by atoms with Crippen molar-refractivity contribution in [3.63, 3.8) is 0 Å². The second kappa shape index (κ2) is 6.60. The summed E-state index contributed by atoms with van der Waals surface area (Å²) in [5.41, 5.74) is -0.170. The zero-order chi connectivity index (χ0) is 15.3. The van der Waals surface area contributed by atoms with Crippen molar-refractivity contribution < 1.29 is 19.2 Å². The van der Waals surface area contributed by atoms with E-state index < -0.39 is 11.4 Å². The zero-order valence-electron chi connectivity index (χ0n) is 12.2. The molecule has 0 aliphatic carbocycles. The highest BCUT2D eigenvalue weighted by Gasteiger charge is 2.42. The third-order valence-corrected chi connectivity index (χ3v) is 3.96. The van der Waals surface area contributed by atoms with Crippen LogP contribution in [-0.2, 0) is 11.3 Å². The van der Waals surface area contributed by atoms with Crippen LogP contribution < -0.4 is 5.32 Å². The van der Waals surface area contributed by atoms with Gasteiger partial charge in [0.1, 0.15) is 12.0 Å². The van der Waals surface area contributed by atoms with Gasteiger partial charge in [-0.2, -0.15) is 0 Å². The van der Waals surface area contributed by atoms with E-state index in [1.54, 1.807) is 11.0 Å². The zero-order valence-corrected chi connectivity index (χ0v) is 12.2. The number of urea groups is 1. The van der Waals surface area contributed by atoms with E-state index in [1.165, 1.54) is 6.26 Å². The predicted octanol–water partition coefficient (Wildman–Crippen LogP) is 1.85. The lowest BCUT2D eigenvalue weighted by molar-refractivity contribution is -0.152. The van der Waals surface area contributed by atoms with Gasteiger partial charge in [-0.25, -0.2) is 4.79 Å². The first-order valence-corrected chi connectivity index (χ1v) is 7.23. The average molecular weight is 295 g/mol. The van der Waals surface area contributed by atoms with E-state index in [9.17, 15) is 14.7 Å². The van der Waals surface area contributed by atoms with Gasteiger partial charge in [0.25, 0.3) is 0 Å². The quantitative estimate of drug-likeness (QED) is 0.864. The SMILES string of the molecule is CCCC1(C(=O)O)CCCN(C(=O)NCc2ccon2)C1. The molecule has 0 spiro atoms. The molecule has 1 aliphatic heterocycles. The van der Waals surface area contributed by atoms with Crippen molar-refractivity contribution in [2.45, 2.75) is 39.2 Å². The van der Waals surface area contributed by atoms with E-state index in [-0.39, 0.29) is 19.1 Å². The van der Waals surface area contributed by atoms with Gasteiger partial charge in [-0.3, -0.25) is 4.79 Å². The molecule has 2 N–H and O–H groups in total. The summed E-state index contributed by atoms with van der Waals surface area (Å²) in [6.45, 7) is 3.10. The third-order valence-electron chi connectivity index (χ3n) is 3.96. The maximum Gasteiger partial charge on any atom is 0.317 e. The molecule has 1 aromatic heterocycles. The van der Waals surface area contributed by atoms with Crippen LogP contribution in [0.25, 0.3) is 0 Å². The number of amides is 2. The number of carboxylic acid groups (broad SMARTS) is 1. The van der Waals surface area contributed by atoms with E-state index in [2.05, 4.69) is 10.5 Å². The molecule has 0 aromatic carbocycles. The molecular weight excluding hydrogens is 274 g/mol. The number of carbonyl (C=O) groups is 2. The van der Waals surface area contributed by atoms with Crippen molar-refractivity contribution in [3.05, 3.63) is 18.0 Å². The van der Waals surface area contributed by atoms with Gasteiger partial charge < -0.3 is 19.8 Å². The largest absolute Gasteiger partial charge is 0.481 e. The Hall–Kier alpha value is -2.05. The number of aliphatic carboxylic acids is 1. The molecule has 0 radical (unpaired) electrons. The standard InChI is InChI=1S/C14H21N3O4/c1-2-5-14(12(18)19)6-3-7-17(10-14)13(20)15-9-11-4-8-21-16-11/h4,8H,2-3,5-7,9-10H2,1H3,(H,15,20)(H,18,19). The number of carbonyl (C=O) groups excluding carboxylic acids is 1. The predicted molar refractivity (Wildman–Crippen MR) is 74.5 cm³/mol. The number of nitrogens with one attached hydrogen (secondary N) is 1. The van der Waals surface area contributed by atoms with Crippen LogP contribution in [0.15, 0.2) is 16.9 Å². The maximum absolute atomic E-state index is 12.2. The van der Waals surface area contributed by atoms with Gasteiger partial charge >= 0.3 is 12.0 Å². The van der Waals surface area contributed by atoms with Crippen LogP contribution in [0.3, 0.4) is 0 Å². The van der Waals surface area contributed by atoms with Gasteiger partial charge in [0.2, 0.25) is 0 Å². The molecule has 21 heavy (non-hydrogen) atoms. The summed E-state index contributed by atoms with van der Waals surface area (Å²) in [5, 5.41) is 16.0. The van der Waals surface area contributed by atoms with E-state index in [0.29, 0.717) is 31.5 Å². The lowest BCUT2D eigenvalue weighted by Crippen LogP contribution is -2.52. The van der Waals surface area contributed by atoms with Crippen LogP contribution in [0.4, 0.5) is 4.79 Å². The van der Waals surface area contributed by atoms with Crippen molar-refractivity contribution in [1.82, 2.24) is 15.4 Å². The van der Waals surface area contributed by atoms with Gasteiger partial charge in [0, 0.05) is 19.2 Å². The molecule has 0 saturated carbocycles. The fourth-order valence-corrected chi connectivity index (χ4v) is 2.88. The summed E-state index contributed by atoms with van der Waals surface area (Å²) < 4.78 is 4.70. The summed E-state index contributed by atoms with van der Waals surface area (Å²) in [7, 11) is 0. The molecule has 2 rings (SSSR count). The van der Waals surface area contributed by atoms with Gasteiger partial charge in [0.05, 0.1) is 12.0 Å². The second-order valence-corrected chi connectivity index (χ2v) is 5.51. The molecule has 7 nitrogen and oxygen atoms in total. The number of hydrogen-bond acceptors (Lipinski definition) is 4. The highest BCUT2D eigenvalue weighted by atomic mass is 16.5. The minimum atomic E-state index is -0.807. The van der Waals surface area contributed by atoms with Crippen LogP contribution in [-0.4, -0.2) is 40.3 Å². The lowest BCUT2D eigenvalue weighted by Gasteiger charge is -2.39. The number of hydrogen-bond donors (Lipinski definition) is 2. The monoisotopic (exact) mass is 295 g/mol. The number of nitrogens with zero attached hydrogens (tertiary/aromatic N) is 2. The number of carboxylic acids is 1. The first-order chi connectivity index (χ1) is 10.1. The normalized spacial score (nSPS) is 22.0. The van der Waals surface area contributed by atoms with Gasteiger partial charge in [0.15, 0.2) is 0 Å². The summed E-state index contributed by atoms with van der Waals surface area (Å²) in [6, 6.07) is 1.43. The van der Waals surface area contributed by atoms with Crippen LogP contribution in [0.5, 0.6) is 0 Å². The Bertz CT molecular complexity index is 484. The van der Waals surface area contributed by atoms with Gasteiger partial charge in [-0.1, -0.05) is 18.5 Å². The first-order valence-electron chi connectivity index (χ1n) is 7.23. The molecule has 1 fully saturated rings. The van der Waals surface area contributed by atoms with Crippen LogP contribution in [0, 0.1) is 5.41 Å². The molecule has 1 aromatic rings. The molecular formula is C14H21N3O4. The number of rotatable bonds is 5. The van der Waals surface area contributed by atoms with Crippen molar-refractivity contribution in [2.24, 2.45) is 5.41 Å². The molecule has 2 heterocycles. The molecule has 0 bridgehead atoms. The Morgan fingerprint density at radius 2 is 2.38 bits per heavy atom. The van der Waals surface area contributed by atoms with Gasteiger partial charge in [-0.05, 0) is 19.3 Å². The fourth-order valence-electron chi connectivity index (χ4n) is 2.88. The summed E-state index contributed by atoms with van der Waals surface area (Å²) in [4.78, 5) is 25.4. The second-order valence-electron chi connectivity index (χ2n) is 5.51. The minimum absolute atomic E-state index is 0.251. The summed E-state index contributed by atoms with van der Waals surface area (Å²) in [5.74, 6) is -0.807. The lowest BCUT2D eigenvalue weighted by atomic mass is 9.76. The number of piperidine rings is 1. The van der Waals surface area contributed by atoms with E-state index >= 15 is 0 Å². The molecule has 1 unspecified atom stereocenters. The first kappa shape index (κ1) is 15.3. The van der Waals surface area contributed by atoms with Crippen molar-refractivity contribution in [1.29, 1.82) is 0 Å². The van der Waals surface area contributed by atoms with Crippen LogP contribution >= 0.6 is 0 Å². The highest BCUT2D eigenvalue weighted by Crippen LogP contribution is 2.35. The smallest absolute Gasteiger partial charge is 0.317 e. The average Bonchev–Trinajstić information content (AvgIpc) is 2.98. The maximum atomic E-state index is 12.2. The van der Waals surface area contributed by atoms with Crippen LogP contribution in [0.2, 0.25) is 0 Å². The van der Waals surface area contributed by atoms with E-state index in [0.717, 1.165) is 6.42 Å². The summed E-state index contributed by atoms with van der Waals surface area (Å²) >= 11 is 0. The molecule has 2 amide bonds. The molecule has 7 heteroatoms. The molecule has 116 valence electrons. The Morgan fingerprint density at radius 3 is 3.00 bits per heavy atom. The summed E-state index contributed by atoms with van der Waals surface area (Å²) in [6.07, 6.45) is 4.17. The van der Waals surface area contributed by atoms with Crippen molar-refractivity contribution in [2.75, 3.05) is 13.1 Å². The Kier molecular flexibility index (Phi) is 4.82. The molecule has 1 atom stereocenters. The Balaban J connectivity index is 1.96. The van der Waals surface area contributed by atoms with E-state index in [1.807, 2.05) is 6.92 Å². The van der Waals surface area contributed by atoms with Crippen molar-refractivity contribution in [3.8, 4) is 0 Å². The van der Waals surface area contributed by atoms with Crippen LogP contribution in [0.1, 0.15) is 38.3 Å². The van der Waals surface area contributed by atoms with E-state index in [4.69, 9.17) is 4.52 Å². The van der Waals surface area contributed by atoms with Crippen molar-refractivity contribution >= 4 is 12.0 Å². The minimum Gasteiger partial charge on any atom is -0.481 e. The number of likely N-dealkylation sites (tertiary alicyclic amines) is 1. The molecule has 1 aliphatic rings. The Morgan fingerprint density at radius 1 is 1.57 bits per heavy atom. The third kappa shape index (κ3) is 3.53.